The molecular formula is C23H23ClN6O2. The lowest BCUT2D eigenvalue weighted by Gasteiger charge is -2.27. The Hall–Kier alpha value is -3.39. The number of nitrogens with zero attached hydrogens (tertiary/aromatic N) is 6. The SMILES string of the molecule is Cc1cccc(C(=O)N2CCN(c3nc4cc(Cl)ccc4o3)CC[C@H]2C)c1-n1nccn1. The molecule has 32 heavy (non-hydrogen) atoms. The first kappa shape index (κ1) is 20.5. The van der Waals surface area contributed by atoms with Crippen LogP contribution in [0, 0.1) is 6.92 Å². The zero-order chi connectivity index (χ0) is 22.2. The number of halogens is 1. The first-order valence-electron chi connectivity index (χ1n) is 10.6. The van der Waals surface area contributed by atoms with Crippen molar-refractivity contribution in [3.63, 3.8) is 0 Å². The maximum atomic E-state index is 13.6. The molecule has 0 unspecified atom stereocenters. The van der Waals surface area contributed by atoms with E-state index in [2.05, 4.69) is 27.0 Å². The minimum absolute atomic E-state index is 0.0281. The molecule has 1 aliphatic rings. The van der Waals surface area contributed by atoms with Gasteiger partial charge >= 0.3 is 0 Å². The average Bonchev–Trinajstić information content (AvgIpc) is 3.41. The van der Waals surface area contributed by atoms with Crippen molar-refractivity contribution < 1.29 is 9.21 Å². The molecule has 2 aromatic heterocycles. The van der Waals surface area contributed by atoms with E-state index < -0.39 is 0 Å². The number of hydrogen-bond donors (Lipinski definition) is 0. The molecule has 0 bridgehead atoms. The second kappa shape index (κ2) is 8.27. The molecule has 5 rings (SSSR count). The lowest BCUT2D eigenvalue weighted by molar-refractivity contribution is 0.0704. The summed E-state index contributed by atoms with van der Waals surface area (Å²) < 4.78 is 5.95. The van der Waals surface area contributed by atoms with Crippen LogP contribution in [0.15, 0.2) is 53.2 Å². The normalized spacial score (nSPS) is 17.0. The summed E-state index contributed by atoms with van der Waals surface area (Å²) in [6, 6.07) is 11.7. The molecule has 1 atom stereocenters. The van der Waals surface area contributed by atoms with Crippen LogP contribution in [-0.4, -0.2) is 56.5 Å². The van der Waals surface area contributed by atoms with Crippen molar-refractivity contribution in [1.29, 1.82) is 0 Å². The summed E-state index contributed by atoms with van der Waals surface area (Å²) >= 11 is 6.08. The van der Waals surface area contributed by atoms with Crippen LogP contribution in [0.5, 0.6) is 0 Å². The summed E-state index contributed by atoms with van der Waals surface area (Å²) in [6.45, 7) is 5.96. The zero-order valence-electron chi connectivity index (χ0n) is 17.9. The van der Waals surface area contributed by atoms with Crippen LogP contribution < -0.4 is 4.90 Å². The predicted molar refractivity (Wildman–Crippen MR) is 122 cm³/mol. The molecule has 4 aromatic rings. The summed E-state index contributed by atoms with van der Waals surface area (Å²) in [4.78, 5) is 23.8. The molecule has 8 nitrogen and oxygen atoms in total. The number of aryl methyl sites for hydroxylation is 1. The number of carbonyl (C=O) groups excluding carboxylic acids is 1. The van der Waals surface area contributed by atoms with Crippen LogP contribution in [0.25, 0.3) is 16.8 Å². The van der Waals surface area contributed by atoms with Gasteiger partial charge in [-0.2, -0.15) is 20.0 Å². The molecule has 0 saturated carbocycles. The van der Waals surface area contributed by atoms with E-state index in [1.54, 1.807) is 24.5 Å². The van der Waals surface area contributed by atoms with Crippen molar-refractivity contribution in [2.45, 2.75) is 26.3 Å². The van der Waals surface area contributed by atoms with E-state index in [1.165, 1.54) is 4.80 Å². The van der Waals surface area contributed by atoms with Crippen LogP contribution >= 0.6 is 11.6 Å². The molecule has 0 spiro atoms. The Bertz CT molecular complexity index is 1270. The van der Waals surface area contributed by atoms with Crippen molar-refractivity contribution in [3.8, 4) is 5.69 Å². The summed E-state index contributed by atoms with van der Waals surface area (Å²) in [7, 11) is 0. The first-order valence-corrected chi connectivity index (χ1v) is 11.0. The number of carbonyl (C=O) groups is 1. The number of benzene rings is 2. The lowest BCUT2D eigenvalue weighted by Crippen LogP contribution is -2.40. The number of anilines is 1. The number of rotatable bonds is 3. The van der Waals surface area contributed by atoms with Crippen LogP contribution in [0.2, 0.25) is 5.02 Å². The van der Waals surface area contributed by atoms with Gasteiger partial charge in [-0.1, -0.05) is 23.7 Å². The fraction of sp³-hybridized carbons (Fsp3) is 0.304. The van der Waals surface area contributed by atoms with Crippen molar-refractivity contribution in [1.82, 2.24) is 24.9 Å². The van der Waals surface area contributed by atoms with E-state index in [9.17, 15) is 4.79 Å². The summed E-state index contributed by atoms with van der Waals surface area (Å²) in [5.74, 6) is -0.0281. The standard InChI is InChI=1S/C23H23ClN6O2/c1-15-4-3-5-18(21(15)30-25-9-10-26-30)22(31)29-13-12-28(11-8-16(29)2)23-27-19-14-17(24)6-7-20(19)32-23/h3-7,9-10,14,16H,8,11-13H2,1-2H3/t16-/m1/s1. The monoisotopic (exact) mass is 450 g/mol. The minimum atomic E-state index is -0.0281. The highest BCUT2D eigenvalue weighted by atomic mass is 35.5. The number of para-hydroxylation sites is 1. The summed E-state index contributed by atoms with van der Waals surface area (Å²) in [5, 5.41) is 9.12. The number of aromatic nitrogens is 4. The quantitative estimate of drug-likeness (QED) is 0.467. The fourth-order valence-electron chi connectivity index (χ4n) is 4.16. The Morgan fingerprint density at radius 3 is 2.75 bits per heavy atom. The Kier molecular flexibility index (Phi) is 5.30. The molecule has 1 saturated heterocycles. The van der Waals surface area contributed by atoms with Gasteiger partial charge in [0.05, 0.1) is 18.0 Å². The molecule has 164 valence electrons. The Balaban J connectivity index is 1.41. The molecule has 0 aliphatic carbocycles. The molecule has 1 fully saturated rings. The number of oxazole rings is 1. The van der Waals surface area contributed by atoms with Crippen LogP contribution in [0.3, 0.4) is 0 Å². The van der Waals surface area contributed by atoms with Gasteiger partial charge in [0.2, 0.25) is 0 Å². The number of fused-ring (bicyclic) bond motifs is 1. The number of amides is 1. The van der Waals surface area contributed by atoms with Gasteiger partial charge in [0.1, 0.15) is 11.2 Å². The van der Waals surface area contributed by atoms with Crippen LogP contribution in [0.1, 0.15) is 29.3 Å². The van der Waals surface area contributed by atoms with Gasteiger partial charge in [0, 0.05) is 30.7 Å². The predicted octanol–water partition coefficient (Wildman–Crippen LogP) is 4.11. The van der Waals surface area contributed by atoms with E-state index in [0.717, 1.165) is 24.0 Å². The van der Waals surface area contributed by atoms with Gasteiger partial charge in [-0.05, 0) is 50.1 Å². The smallest absolute Gasteiger partial charge is 0.298 e. The second-order valence-corrected chi connectivity index (χ2v) is 8.46. The highest BCUT2D eigenvalue weighted by molar-refractivity contribution is 6.31. The topological polar surface area (TPSA) is 80.3 Å². The minimum Gasteiger partial charge on any atom is -0.423 e. The van der Waals surface area contributed by atoms with Gasteiger partial charge in [-0.25, -0.2) is 0 Å². The zero-order valence-corrected chi connectivity index (χ0v) is 18.7. The van der Waals surface area contributed by atoms with E-state index in [4.69, 9.17) is 16.0 Å². The molecule has 1 amide bonds. The molecule has 9 heteroatoms. The fourth-order valence-corrected chi connectivity index (χ4v) is 4.33. The summed E-state index contributed by atoms with van der Waals surface area (Å²) in [5.41, 5.74) is 3.69. The van der Waals surface area contributed by atoms with Crippen molar-refractivity contribution in [3.05, 3.63) is 64.9 Å². The molecule has 3 heterocycles. The second-order valence-electron chi connectivity index (χ2n) is 8.02. The molecule has 1 aliphatic heterocycles. The van der Waals surface area contributed by atoms with E-state index >= 15 is 0 Å². The highest BCUT2D eigenvalue weighted by Crippen LogP contribution is 2.27. The molecular weight excluding hydrogens is 428 g/mol. The van der Waals surface area contributed by atoms with Gasteiger partial charge in [-0.15, -0.1) is 0 Å². The van der Waals surface area contributed by atoms with Crippen LogP contribution in [0.4, 0.5) is 6.01 Å². The number of hydrogen-bond acceptors (Lipinski definition) is 6. The van der Waals surface area contributed by atoms with E-state index in [-0.39, 0.29) is 11.9 Å². The largest absolute Gasteiger partial charge is 0.423 e. The highest BCUT2D eigenvalue weighted by Gasteiger charge is 2.29. The lowest BCUT2D eigenvalue weighted by atomic mass is 10.1. The third-order valence-electron chi connectivity index (χ3n) is 5.92. The van der Waals surface area contributed by atoms with Gasteiger partial charge in [0.15, 0.2) is 5.58 Å². The van der Waals surface area contributed by atoms with E-state index in [0.29, 0.717) is 41.0 Å². The Morgan fingerprint density at radius 2 is 1.94 bits per heavy atom. The molecule has 0 radical (unpaired) electrons. The Morgan fingerprint density at radius 1 is 1.12 bits per heavy atom. The van der Waals surface area contributed by atoms with Gasteiger partial charge in [0.25, 0.3) is 11.9 Å². The Labute approximate surface area is 190 Å². The van der Waals surface area contributed by atoms with Gasteiger partial charge in [-0.3, -0.25) is 4.79 Å². The third-order valence-corrected chi connectivity index (χ3v) is 6.15. The van der Waals surface area contributed by atoms with E-state index in [1.807, 2.05) is 36.1 Å². The molecule has 2 aromatic carbocycles. The van der Waals surface area contributed by atoms with Gasteiger partial charge < -0.3 is 14.2 Å². The van der Waals surface area contributed by atoms with Crippen LogP contribution in [-0.2, 0) is 0 Å². The van der Waals surface area contributed by atoms with Crippen molar-refractivity contribution in [2.75, 3.05) is 24.5 Å². The maximum Gasteiger partial charge on any atom is 0.298 e. The first-order chi connectivity index (χ1) is 15.5. The molecule has 0 N–H and O–H groups in total. The third kappa shape index (κ3) is 3.71. The van der Waals surface area contributed by atoms with Crippen molar-refractivity contribution in [2.24, 2.45) is 0 Å². The average molecular weight is 451 g/mol. The maximum absolute atomic E-state index is 13.6. The summed E-state index contributed by atoms with van der Waals surface area (Å²) in [6.07, 6.45) is 4.02. The van der Waals surface area contributed by atoms with Crippen molar-refractivity contribution >= 4 is 34.6 Å².